The Labute approximate surface area is 94.8 Å². The molecule has 0 aliphatic heterocycles. The number of rotatable bonds is 8. The smallest absolute Gasteiger partial charge is 0.0825 e. The van der Waals surface area contributed by atoms with Crippen molar-refractivity contribution in [2.45, 2.75) is 57.6 Å². The zero-order valence-electron chi connectivity index (χ0n) is 10.6. The second-order valence-electron chi connectivity index (χ2n) is 3.91. The number of likely N-dealkylation sites (N-methyl/N-ethyl adjacent to an activating group) is 1. The molecule has 88 valence electrons. The number of unbranched alkanes of at least 4 members (excludes halogenated alkanes) is 1. The number of ether oxygens (including phenoxy) is 1. The highest BCUT2D eigenvalue weighted by atomic mass is 16.5. The summed E-state index contributed by atoms with van der Waals surface area (Å²) < 4.78 is 5.71. The van der Waals surface area contributed by atoms with Gasteiger partial charge in [0.15, 0.2) is 0 Å². The molecule has 0 saturated carbocycles. The summed E-state index contributed by atoms with van der Waals surface area (Å²) in [5, 5.41) is 3.36. The molecule has 1 atom stereocenters. The van der Waals surface area contributed by atoms with Gasteiger partial charge in [-0.25, -0.2) is 0 Å². The van der Waals surface area contributed by atoms with Gasteiger partial charge in [0.2, 0.25) is 0 Å². The third-order valence-corrected chi connectivity index (χ3v) is 3.40. The van der Waals surface area contributed by atoms with Crippen LogP contribution in [0.5, 0.6) is 0 Å². The fourth-order valence-corrected chi connectivity index (χ4v) is 2.25. The second kappa shape index (κ2) is 7.73. The quantitative estimate of drug-likeness (QED) is 0.492. The van der Waals surface area contributed by atoms with E-state index in [1.807, 2.05) is 7.05 Å². The Morgan fingerprint density at radius 1 is 1.40 bits per heavy atom. The molecule has 0 aromatic heterocycles. The Kier molecular flexibility index (Phi) is 7.46. The number of terminal acetylenes is 1. The van der Waals surface area contributed by atoms with Gasteiger partial charge in [0, 0.05) is 19.6 Å². The van der Waals surface area contributed by atoms with E-state index >= 15 is 0 Å². The molecule has 0 aromatic carbocycles. The zero-order chi connectivity index (χ0) is 11.7. The van der Waals surface area contributed by atoms with Gasteiger partial charge in [0.05, 0.1) is 5.60 Å². The largest absolute Gasteiger partial charge is 0.377 e. The van der Waals surface area contributed by atoms with Crippen molar-refractivity contribution in [2.75, 3.05) is 14.2 Å². The summed E-state index contributed by atoms with van der Waals surface area (Å²) >= 11 is 0. The maximum Gasteiger partial charge on any atom is 0.0825 e. The van der Waals surface area contributed by atoms with Gasteiger partial charge in [-0.2, -0.15) is 0 Å². The van der Waals surface area contributed by atoms with Gasteiger partial charge in [-0.1, -0.05) is 13.8 Å². The van der Waals surface area contributed by atoms with E-state index in [-0.39, 0.29) is 5.60 Å². The van der Waals surface area contributed by atoms with Crippen LogP contribution in [0.4, 0.5) is 0 Å². The van der Waals surface area contributed by atoms with Crippen molar-refractivity contribution < 1.29 is 4.74 Å². The molecule has 0 saturated heterocycles. The van der Waals surface area contributed by atoms with E-state index in [1.165, 1.54) is 0 Å². The first kappa shape index (κ1) is 14.5. The fraction of sp³-hybridized carbons (Fsp3) is 0.846. The molecule has 0 fully saturated rings. The van der Waals surface area contributed by atoms with Gasteiger partial charge < -0.3 is 10.1 Å². The van der Waals surface area contributed by atoms with Crippen molar-refractivity contribution in [3.8, 4) is 12.3 Å². The van der Waals surface area contributed by atoms with Crippen LogP contribution in [-0.4, -0.2) is 25.8 Å². The van der Waals surface area contributed by atoms with Crippen molar-refractivity contribution in [2.24, 2.45) is 0 Å². The van der Waals surface area contributed by atoms with Crippen LogP contribution in [0.3, 0.4) is 0 Å². The van der Waals surface area contributed by atoms with Crippen molar-refractivity contribution in [1.29, 1.82) is 0 Å². The van der Waals surface area contributed by atoms with Crippen LogP contribution >= 0.6 is 0 Å². The molecule has 0 rings (SSSR count). The van der Waals surface area contributed by atoms with Gasteiger partial charge in [-0.05, 0) is 32.7 Å². The minimum Gasteiger partial charge on any atom is -0.377 e. The minimum atomic E-state index is -0.0383. The van der Waals surface area contributed by atoms with E-state index in [2.05, 4.69) is 25.1 Å². The average molecular weight is 211 g/mol. The molecule has 0 radical (unpaired) electrons. The minimum absolute atomic E-state index is 0.0383. The topological polar surface area (TPSA) is 21.3 Å². The molecule has 0 heterocycles. The summed E-state index contributed by atoms with van der Waals surface area (Å²) in [6, 6.07) is 0.394. The average Bonchev–Trinajstić information content (AvgIpc) is 2.29. The van der Waals surface area contributed by atoms with Gasteiger partial charge in [-0.15, -0.1) is 12.3 Å². The number of hydrogen-bond acceptors (Lipinski definition) is 2. The number of nitrogens with one attached hydrogen (secondary N) is 1. The maximum atomic E-state index is 5.71. The third kappa shape index (κ3) is 3.85. The van der Waals surface area contributed by atoms with Gasteiger partial charge in [0.25, 0.3) is 0 Å². The van der Waals surface area contributed by atoms with Gasteiger partial charge in [-0.3, -0.25) is 0 Å². The van der Waals surface area contributed by atoms with Gasteiger partial charge in [0.1, 0.15) is 0 Å². The zero-order valence-corrected chi connectivity index (χ0v) is 10.6. The van der Waals surface area contributed by atoms with E-state index in [4.69, 9.17) is 11.2 Å². The van der Waals surface area contributed by atoms with E-state index in [0.717, 1.165) is 32.1 Å². The first-order chi connectivity index (χ1) is 7.20. The summed E-state index contributed by atoms with van der Waals surface area (Å²) in [5.41, 5.74) is -0.0383. The molecule has 0 spiro atoms. The van der Waals surface area contributed by atoms with Gasteiger partial charge >= 0.3 is 0 Å². The predicted octanol–water partition coefficient (Wildman–Crippen LogP) is 2.58. The summed E-state index contributed by atoms with van der Waals surface area (Å²) in [7, 11) is 3.80. The van der Waals surface area contributed by atoms with Crippen LogP contribution in [0, 0.1) is 12.3 Å². The molecule has 0 aliphatic carbocycles. The molecule has 0 aromatic rings. The fourth-order valence-electron chi connectivity index (χ4n) is 2.25. The first-order valence-electron chi connectivity index (χ1n) is 5.86. The van der Waals surface area contributed by atoms with Crippen LogP contribution in [0.15, 0.2) is 0 Å². The lowest BCUT2D eigenvalue weighted by Crippen LogP contribution is -2.50. The summed E-state index contributed by atoms with van der Waals surface area (Å²) in [6.45, 7) is 4.36. The Bertz CT molecular complexity index is 183. The Morgan fingerprint density at radius 2 is 2.00 bits per heavy atom. The molecule has 1 N–H and O–H groups in total. The van der Waals surface area contributed by atoms with Crippen LogP contribution in [0.2, 0.25) is 0 Å². The highest BCUT2D eigenvalue weighted by molar-refractivity contribution is 4.92. The summed E-state index contributed by atoms with van der Waals surface area (Å²) in [6.07, 6.45) is 10.3. The lowest BCUT2D eigenvalue weighted by molar-refractivity contribution is -0.0479. The van der Waals surface area contributed by atoms with Crippen LogP contribution < -0.4 is 5.32 Å². The van der Waals surface area contributed by atoms with Crippen LogP contribution in [0.25, 0.3) is 0 Å². The van der Waals surface area contributed by atoms with E-state index in [9.17, 15) is 0 Å². The van der Waals surface area contributed by atoms with E-state index < -0.39 is 0 Å². The molecule has 1 unspecified atom stereocenters. The second-order valence-corrected chi connectivity index (χ2v) is 3.91. The van der Waals surface area contributed by atoms with E-state index in [1.54, 1.807) is 7.11 Å². The number of methoxy groups -OCH3 is 1. The lowest BCUT2D eigenvalue weighted by atomic mass is 9.85. The molecular formula is C13H25NO. The molecule has 0 aliphatic rings. The highest BCUT2D eigenvalue weighted by Crippen LogP contribution is 2.27. The normalized spacial score (nSPS) is 13.5. The predicted molar refractivity (Wildman–Crippen MR) is 65.9 cm³/mol. The molecular weight excluding hydrogens is 186 g/mol. The van der Waals surface area contributed by atoms with Crippen molar-refractivity contribution in [3.05, 3.63) is 0 Å². The molecule has 2 heteroatoms. The highest BCUT2D eigenvalue weighted by Gasteiger charge is 2.34. The van der Waals surface area contributed by atoms with Crippen molar-refractivity contribution in [3.63, 3.8) is 0 Å². The first-order valence-corrected chi connectivity index (χ1v) is 5.86. The Morgan fingerprint density at radius 3 is 2.33 bits per heavy atom. The summed E-state index contributed by atoms with van der Waals surface area (Å²) in [5.74, 6) is 2.68. The molecule has 0 bridgehead atoms. The maximum absolute atomic E-state index is 5.71. The third-order valence-electron chi connectivity index (χ3n) is 3.40. The van der Waals surface area contributed by atoms with Crippen LogP contribution in [0.1, 0.15) is 46.0 Å². The lowest BCUT2D eigenvalue weighted by Gasteiger charge is -2.38. The monoisotopic (exact) mass is 211 g/mol. The van der Waals surface area contributed by atoms with Crippen molar-refractivity contribution >= 4 is 0 Å². The Balaban J connectivity index is 4.39. The van der Waals surface area contributed by atoms with Crippen molar-refractivity contribution in [1.82, 2.24) is 5.32 Å². The standard InChI is InChI=1S/C13H25NO/c1-6-9-10-11-12(14-4)13(7-2,8-3)15-5/h1,12,14H,7-11H2,2-5H3. The SMILES string of the molecule is C#CCCCC(NC)C(CC)(CC)OC. The Hall–Kier alpha value is -0.520. The molecule has 0 amide bonds. The number of hydrogen-bond donors (Lipinski definition) is 1. The summed E-state index contributed by atoms with van der Waals surface area (Å²) in [4.78, 5) is 0. The van der Waals surface area contributed by atoms with E-state index in [0.29, 0.717) is 6.04 Å². The molecule has 15 heavy (non-hydrogen) atoms. The molecule has 2 nitrogen and oxygen atoms in total. The van der Waals surface area contributed by atoms with Crippen LogP contribution in [-0.2, 0) is 4.74 Å².